The minimum absolute atomic E-state index is 0.00335. The van der Waals surface area contributed by atoms with Crippen molar-refractivity contribution < 1.29 is 192 Å². The zero-order valence-electron chi connectivity index (χ0n) is 52.8. The van der Waals surface area contributed by atoms with E-state index in [1.54, 1.807) is 30.3 Å². The van der Waals surface area contributed by atoms with Crippen LogP contribution in [-0.4, -0.2) is 374 Å². The summed E-state index contributed by atoms with van der Waals surface area (Å²) >= 11 is 0. The van der Waals surface area contributed by atoms with Crippen molar-refractivity contribution in [2.75, 3.05) is 58.5 Å². The first kappa shape index (κ1) is 86.9. The summed E-state index contributed by atoms with van der Waals surface area (Å²) in [6.07, 6.45) is -52.2. The minimum Gasteiger partial charge on any atom is -0.394 e. The van der Waals surface area contributed by atoms with E-state index in [9.17, 15) is 107 Å². The number of rotatable bonds is 32. The lowest BCUT2D eigenvalue weighted by atomic mass is 9.96. The van der Waals surface area contributed by atoms with Gasteiger partial charge in [-0.2, -0.15) is 0 Å². The average Bonchev–Trinajstić information content (AvgIpc) is 0.778. The lowest BCUT2D eigenvalue weighted by Gasteiger charge is -2.49. The normalized spacial score (nSPS) is 41.0. The van der Waals surface area contributed by atoms with E-state index in [0.29, 0.717) is 11.3 Å². The van der Waals surface area contributed by atoms with Gasteiger partial charge in [0.05, 0.1) is 52.9 Å². The van der Waals surface area contributed by atoms with Crippen LogP contribution >= 0.6 is 39.0 Å². The first-order valence-electron chi connectivity index (χ1n) is 30.9. The molecule has 47 heteroatoms. The average molecular weight is 1540 g/mol. The molecule has 43 nitrogen and oxygen atoms in total. The van der Waals surface area contributed by atoms with Crippen molar-refractivity contribution in [2.24, 2.45) is 4.99 Å². The van der Waals surface area contributed by atoms with Gasteiger partial charge in [-0.15, -0.1) is 9.35 Å². The summed E-state index contributed by atoms with van der Waals surface area (Å²) in [5, 5.41) is 222. The summed E-state index contributed by atoms with van der Waals surface area (Å²) in [7, 11) is 1.05. The second-order valence-corrected chi connectivity index (χ2v) is 26.2. The standard InChI is InChI=1S/C54H83N3O34S2.2HO3P/c58-14-23-30(63)36(69)42(75)50(83-23)90-45-39(72)32(65)25(16-60)85-52(45)82-19-27-34(67)38(71)41(74)49(87-27)81-20-28-35(68)44(89-54-46(40(73)33(66)26(17-61)86-54)91-51-43(76)37(70)31(64)24(15-59)84-51)47(80-18-21-6-2-1-3-7-21)53(88-28)79-12-5-9-29(62)55-11-13-92-93-48-22(57(77)78)8-4-10-56-48;2*1-3-4-2/h1-4,6-8,10,22-28,30-54,58-61,63-76H,5,9,11-20H2,(H,55,62);2*1H/t22?,23?,24?,25?,26?,27?,28?,30-,31-,32-,33-,34-,35-,36+,37+,38+,39+,40+,41?,42?,43?,44+,45?,46?,47?,48?,49+,50-,51-,52+,53+,54-;;/m1../s1. The Morgan fingerprint density at radius 1 is 0.525 bits per heavy atom. The van der Waals surface area contributed by atoms with Crippen LogP contribution in [0.4, 0.5) is 0 Å². The molecule has 0 radical (unpaired) electrons. The molecule has 14 unspecified atom stereocenters. The predicted octanol–water partition coefficient (Wildman–Crippen LogP) is -8.60. The maximum absolute atomic E-state index is 13.1. The maximum atomic E-state index is 13.1. The van der Waals surface area contributed by atoms with Gasteiger partial charge in [-0.1, -0.05) is 51.9 Å². The molecule has 0 saturated carbocycles. The third kappa shape index (κ3) is 23.7. The van der Waals surface area contributed by atoms with E-state index in [2.05, 4.69) is 19.7 Å². The number of nitrogens with zero attached hydrogens (tertiary/aromatic N) is 2. The zero-order valence-corrected chi connectivity index (χ0v) is 56.2. The Bertz CT molecular complexity index is 2650. The summed E-state index contributed by atoms with van der Waals surface area (Å²) in [4.78, 5) is 28.2. The van der Waals surface area contributed by atoms with E-state index in [4.69, 9.17) is 81.2 Å². The summed E-state index contributed by atoms with van der Waals surface area (Å²) in [6, 6.07) is 7.44. The third-order valence-electron chi connectivity index (χ3n) is 16.4. The number of nitrogens with one attached hydrogen (secondary N) is 1. The highest BCUT2D eigenvalue weighted by Crippen LogP contribution is 2.37. The molecule has 1 aromatic carbocycles. The Hall–Kier alpha value is -3.00. The summed E-state index contributed by atoms with van der Waals surface area (Å²) < 4.78 is 101. The van der Waals surface area contributed by atoms with Crippen molar-refractivity contribution in [3.8, 4) is 0 Å². The van der Waals surface area contributed by atoms with Crippen LogP contribution in [0.15, 0.2) is 47.5 Å². The van der Waals surface area contributed by atoms with Gasteiger partial charge in [-0.25, -0.2) is 19.6 Å². The van der Waals surface area contributed by atoms with Crippen LogP contribution < -0.4 is 5.32 Å². The van der Waals surface area contributed by atoms with E-state index in [0.717, 1.165) is 0 Å². The minimum atomic E-state index is -2.11. The van der Waals surface area contributed by atoms with Crippen molar-refractivity contribution in [1.82, 2.24) is 5.32 Å². The lowest BCUT2D eigenvalue weighted by molar-refractivity contribution is -0.508. The number of ether oxygens (including phenoxy) is 13. The second kappa shape index (κ2) is 43.7. The van der Waals surface area contributed by atoms with Crippen LogP contribution in [0.2, 0.25) is 0 Å². The molecule has 101 heavy (non-hydrogen) atoms. The fraction of sp³-hybridized carbons (Fsp3) is 0.815. The van der Waals surface area contributed by atoms with Gasteiger partial charge in [0.25, 0.3) is 6.04 Å². The molecular weight excluding hydrogens is 1460 g/mol. The number of hydrogen-bond acceptors (Lipinski definition) is 43. The summed E-state index contributed by atoms with van der Waals surface area (Å²) in [5.41, 5.74) is 0.553. The molecule has 1 aromatic rings. The molecule has 7 aliphatic heterocycles. The Morgan fingerprint density at radius 2 is 0.950 bits per heavy atom. The van der Waals surface area contributed by atoms with E-state index >= 15 is 0 Å². The maximum Gasteiger partial charge on any atom is 0.358 e. The molecule has 0 bridgehead atoms. The van der Waals surface area contributed by atoms with Crippen LogP contribution in [0.25, 0.3) is 0 Å². The van der Waals surface area contributed by atoms with Gasteiger partial charge in [-0.05, 0) is 24.1 Å². The fourth-order valence-corrected chi connectivity index (χ4v) is 13.2. The molecule has 0 aromatic heterocycles. The van der Waals surface area contributed by atoms with Gasteiger partial charge >= 0.3 is 17.4 Å². The third-order valence-corrected chi connectivity index (χ3v) is 19.1. The summed E-state index contributed by atoms with van der Waals surface area (Å²) in [6.45, 7) is -5.75. The molecule has 1 amide bonds. The number of aliphatic hydroxyl groups excluding tert-OH is 18. The van der Waals surface area contributed by atoms with Gasteiger partial charge < -0.3 is 159 Å². The number of carbonyl (C=O) groups excluding carboxylic acids is 1. The van der Waals surface area contributed by atoms with Crippen molar-refractivity contribution >= 4 is 51.1 Å². The van der Waals surface area contributed by atoms with Crippen molar-refractivity contribution in [2.45, 2.75) is 215 Å². The van der Waals surface area contributed by atoms with Gasteiger partial charge in [0.2, 0.25) is 5.91 Å². The highest BCUT2D eigenvalue weighted by atomic mass is 33.1. The first-order valence-corrected chi connectivity index (χ1v) is 34.7. The lowest BCUT2D eigenvalue weighted by Crippen LogP contribution is -2.67. The molecule has 0 spiro atoms. The van der Waals surface area contributed by atoms with Crippen LogP contribution in [0.5, 0.6) is 0 Å². The van der Waals surface area contributed by atoms with E-state index in [-0.39, 0.29) is 32.6 Å². The van der Waals surface area contributed by atoms with Gasteiger partial charge in [0.1, 0.15) is 146 Å². The monoisotopic (exact) mass is 1540 g/mol. The van der Waals surface area contributed by atoms with Crippen LogP contribution in [0.3, 0.4) is 0 Å². The topological polar surface area (TPSA) is 662 Å². The van der Waals surface area contributed by atoms with E-state index in [1.807, 2.05) is 0 Å². The molecule has 7 aliphatic rings. The van der Waals surface area contributed by atoms with Gasteiger partial charge in [0.15, 0.2) is 43.1 Å². The largest absolute Gasteiger partial charge is 0.394 e. The van der Waals surface area contributed by atoms with Crippen molar-refractivity contribution in [1.29, 1.82) is 0 Å². The number of aliphatic hydroxyl groups is 18. The Balaban J connectivity index is 0.00000190. The van der Waals surface area contributed by atoms with Gasteiger partial charge in [0, 0.05) is 29.9 Å². The Morgan fingerprint density at radius 3 is 1.47 bits per heavy atom. The number of aliphatic imine (C=N–C) groups is 1. The number of allylic oxidation sites excluding steroid dienone is 1. The van der Waals surface area contributed by atoms with Crippen LogP contribution in [0.1, 0.15) is 18.4 Å². The van der Waals surface area contributed by atoms with E-state index < -0.39 is 263 Å². The van der Waals surface area contributed by atoms with Crippen molar-refractivity contribution in [3.63, 3.8) is 0 Å². The number of amides is 1. The number of benzene rings is 1. The second-order valence-electron chi connectivity index (χ2n) is 23.0. The highest BCUT2D eigenvalue weighted by Gasteiger charge is 2.57. The number of carbonyl (C=O) groups is 1. The van der Waals surface area contributed by atoms with Crippen LogP contribution in [0, 0.1) is 10.1 Å². The molecule has 8 rings (SSSR count). The summed E-state index contributed by atoms with van der Waals surface area (Å²) in [5.74, 6) is -0.0677. The highest BCUT2D eigenvalue weighted by molar-refractivity contribution is 8.77. The quantitative estimate of drug-likeness (QED) is 0.00795. The molecule has 32 atom stereocenters. The molecule has 6 fully saturated rings. The van der Waals surface area contributed by atoms with E-state index in [1.165, 1.54) is 40.0 Å². The Kier molecular flexibility index (Phi) is 37.6. The SMILES string of the molecule is O=C(CCCO[C@H]1OC(CO[C@H]2OC(CO[C@H]3OC(CO)[C@@H](O)[C@H](O)C3O[C@H]3OC(CO)[C@@H](O)[C@H](O)C3O)[C@@H](O)[C@H](O)C2O)[C@@H](O)[C@H](O[C@H]2OC(CO)[C@@H](O)[C@H](O)C2O[C@H]2OC(CO)[C@@H](O)[C@H](O)C2O)C1OCc1ccccc1)NCCSSC1N=CC=CC1[N+](=O)[O-].O=POO.O=POO. The molecular formula is C54H85N3O40P2S2. The van der Waals surface area contributed by atoms with Crippen LogP contribution in [-0.2, 0) is 91.5 Å². The Labute approximate surface area is 583 Å². The molecule has 0 aliphatic carbocycles. The zero-order chi connectivity index (χ0) is 74.2. The molecule has 7 heterocycles. The fourth-order valence-electron chi connectivity index (χ4n) is 10.9. The van der Waals surface area contributed by atoms with Gasteiger partial charge in [-0.3, -0.25) is 19.9 Å². The number of nitro groups is 1. The first-order chi connectivity index (χ1) is 48.3. The molecule has 6 saturated heterocycles. The number of dihydropyridines is 1. The van der Waals surface area contributed by atoms with Crippen molar-refractivity contribution in [3.05, 3.63) is 58.2 Å². The predicted molar refractivity (Wildman–Crippen MR) is 329 cm³/mol. The molecule has 578 valence electrons. The molecule has 21 N–H and O–H groups in total. The smallest absolute Gasteiger partial charge is 0.358 e. The number of hydrogen-bond donors (Lipinski definition) is 21.